The molecule has 0 atom stereocenters. The minimum Gasteiger partial charge on any atom is -0.440 e. The molecule has 1 aliphatic rings. The first-order valence-electron chi connectivity index (χ1n) is 12.7. The van der Waals surface area contributed by atoms with E-state index < -0.39 is 0 Å². The molecule has 2 amide bonds. The number of hydrogen-bond acceptors (Lipinski definition) is 5. The van der Waals surface area contributed by atoms with Crippen LogP contribution in [0, 0.1) is 0 Å². The minimum absolute atomic E-state index is 0.0115. The fraction of sp³-hybridized carbons (Fsp3) is 0.448. The van der Waals surface area contributed by atoms with E-state index in [1.165, 1.54) is 5.56 Å². The van der Waals surface area contributed by atoms with Crippen molar-refractivity contribution in [2.45, 2.75) is 71.4 Å². The Balaban J connectivity index is 1.63. The van der Waals surface area contributed by atoms with Gasteiger partial charge in [0.1, 0.15) is 5.69 Å². The average Bonchev–Trinajstić information content (AvgIpc) is 3.33. The number of benzene rings is 2. The third kappa shape index (κ3) is 5.47. The maximum atomic E-state index is 12.5. The van der Waals surface area contributed by atoms with E-state index in [4.69, 9.17) is 9.40 Å². The highest BCUT2D eigenvalue weighted by atomic mass is 16.5. The lowest BCUT2D eigenvalue weighted by Crippen LogP contribution is -2.47. The van der Waals surface area contributed by atoms with Crippen molar-refractivity contribution in [1.82, 2.24) is 14.9 Å². The largest absolute Gasteiger partial charge is 0.440 e. The van der Waals surface area contributed by atoms with E-state index in [0.29, 0.717) is 37.6 Å². The molecule has 36 heavy (non-hydrogen) atoms. The molecule has 1 fully saturated rings. The zero-order valence-corrected chi connectivity index (χ0v) is 21.9. The van der Waals surface area contributed by atoms with Crippen molar-refractivity contribution in [1.29, 1.82) is 0 Å². The molecule has 0 radical (unpaired) electrons. The Morgan fingerprint density at radius 2 is 1.64 bits per heavy atom. The Labute approximate surface area is 213 Å². The summed E-state index contributed by atoms with van der Waals surface area (Å²) in [5, 5.41) is 20.3. The van der Waals surface area contributed by atoms with Gasteiger partial charge < -0.3 is 14.4 Å². The van der Waals surface area contributed by atoms with Gasteiger partial charge in [-0.05, 0) is 43.2 Å². The summed E-state index contributed by atoms with van der Waals surface area (Å²) in [6.07, 6.45) is 1.42. The number of carbonyl (C=O) groups excluding carboxylic acids is 1. The smallest absolute Gasteiger partial charge is 0.343 e. The molecule has 2 heterocycles. The van der Waals surface area contributed by atoms with Crippen LogP contribution in [0.4, 0.5) is 4.79 Å². The number of rotatable bonds is 5. The summed E-state index contributed by atoms with van der Waals surface area (Å²) in [5.74, 6) is 1.46. The second kappa shape index (κ2) is 10.4. The molecule has 7 nitrogen and oxygen atoms in total. The Morgan fingerprint density at radius 3 is 2.17 bits per heavy atom. The van der Waals surface area contributed by atoms with Gasteiger partial charge in [-0.1, -0.05) is 69.3 Å². The predicted molar refractivity (Wildman–Crippen MR) is 140 cm³/mol. The zero-order chi connectivity index (χ0) is 26.0. The number of hydrogen-bond donors (Lipinski definition) is 2. The summed E-state index contributed by atoms with van der Waals surface area (Å²) < 4.78 is 6.41. The zero-order valence-electron chi connectivity index (χ0n) is 21.9. The van der Waals surface area contributed by atoms with Gasteiger partial charge in [-0.3, -0.25) is 5.21 Å². The number of aliphatic hydroxyl groups excluding tert-OH is 1. The normalized spacial score (nSPS) is 14.9. The molecule has 0 bridgehead atoms. The molecule has 192 valence electrons. The van der Waals surface area contributed by atoms with Crippen LogP contribution in [0.25, 0.3) is 22.6 Å². The second-order valence-corrected chi connectivity index (χ2v) is 10.9. The summed E-state index contributed by atoms with van der Waals surface area (Å²) in [6, 6.07) is 15.5. The molecule has 0 aliphatic carbocycles. The van der Waals surface area contributed by atoms with E-state index in [9.17, 15) is 15.1 Å². The van der Waals surface area contributed by atoms with Gasteiger partial charge in [-0.15, -0.1) is 0 Å². The van der Waals surface area contributed by atoms with Crippen LogP contribution in [0.1, 0.15) is 70.4 Å². The summed E-state index contributed by atoms with van der Waals surface area (Å²) in [7, 11) is 0. The van der Waals surface area contributed by atoms with Crippen molar-refractivity contribution < 1.29 is 19.5 Å². The van der Waals surface area contributed by atoms with Crippen molar-refractivity contribution in [3.05, 3.63) is 65.5 Å². The summed E-state index contributed by atoms with van der Waals surface area (Å²) >= 11 is 0. The Bertz CT molecular complexity index is 1170. The number of hydroxylamine groups is 2. The van der Waals surface area contributed by atoms with E-state index in [0.717, 1.165) is 27.4 Å². The van der Waals surface area contributed by atoms with Crippen LogP contribution >= 0.6 is 0 Å². The number of carbonyl (C=O) groups is 1. The molecule has 3 aromatic rings. The third-order valence-corrected chi connectivity index (χ3v) is 6.87. The number of aliphatic hydroxyl groups is 1. The van der Waals surface area contributed by atoms with Crippen LogP contribution in [-0.2, 0) is 12.0 Å². The van der Waals surface area contributed by atoms with E-state index in [-0.39, 0.29) is 30.0 Å². The minimum atomic E-state index is -0.361. The Kier molecular flexibility index (Phi) is 7.52. The van der Waals surface area contributed by atoms with Crippen LogP contribution in [0.5, 0.6) is 0 Å². The quantitative estimate of drug-likeness (QED) is 0.328. The molecule has 0 unspecified atom stereocenters. The summed E-state index contributed by atoms with van der Waals surface area (Å²) in [4.78, 5) is 19.2. The average molecular weight is 492 g/mol. The molecule has 1 aromatic heterocycles. The number of oxazole rings is 1. The summed E-state index contributed by atoms with van der Waals surface area (Å²) in [5.41, 5.74) is 4.83. The van der Waals surface area contributed by atoms with E-state index >= 15 is 0 Å². The van der Waals surface area contributed by atoms with Crippen molar-refractivity contribution in [3.8, 4) is 22.6 Å². The molecule has 2 aromatic carbocycles. The third-order valence-electron chi connectivity index (χ3n) is 6.87. The van der Waals surface area contributed by atoms with Crippen molar-refractivity contribution >= 4 is 6.03 Å². The van der Waals surface area contributed by atoms with E-state index in [2.05, 4.69) is 45.0 Å². The second-order valence-electron chi connectivity index (χ2n) is 10.9. The molecular weight excluding hydrogens is 454 g/mol. The van der Waals surface area contributed by atoms with Crippen LogP contribution in [-0.4, -0.2) is 50.4 Å². The fourth-order valence-electron chi connectivity index (χ4n) is 4.48. The number of likely N-dealkylation sites (tertiary alicyclic amines) is 1. The van der Waals surface area contributed by atoms with Gasteiger partial charge in [0.2, 0.25) is 0 Å². The van der Waals surface area contributed by atoms with Crippen molar-refractivity contribution in [3.63, 3.8) is 0 Å². The van der Waals surface area contributed by atoms with Crippen LogP contribution in [0.3, 0.4) is 0 Å². The maximum Gasteiger partial charge on any atom is 0.343 e. The van der Waals surface area contributed by atoms with Gasteiger partial charge in [0, 0.05) is 30.1 Å². The highest BCUT2D eigenvalue weighted by Crippen LogP contribution is 2.38. The van der Waals surface area contributed by atoms with Crippen LogP contribution in [0.2, 0.25) is 0 Å². The standard InChI is InChI=1S/C29H37N3O4/c1-19(2)32(35)28(34)31-16-14-23(15-17-31)27-30-25(21-10-12-24(13-11-21)29(3,4)5)26(36-27)22-8-6-20(18-33)7-9-22/h6-13,19,23,33,35H,14-18H2,1-5H3. The SMILES string of the molecule is CC(C)N(O)C(=O)N1CCC(c2nc(-c3ccc(C(C)(C)C)cc3)c(-c3ccc(CO)cc3)o2)CC1. The maximum absolute atomic E-state index is 12.5. The molecule has 0 saturated carbocycles. The molecule has 7 heteroatoms. The van der Waals surface area contributed by atoms with Crippen LogP contribution in [0.15, 0.2) is 52.9 Å². The van der Waals surface area contributed by atoms with Gasteiger partial charge in [0.15, 0.2) is 11.7 Å². The predicted octanol–water partition coefficient (Wildman–Crippen LogP) is 6.20. The van der Waals surface area contributed by atoms with Gasteiger partial charge in [-0.2, -0.15) is 0 Å². The van der Waals surface area contributed by atoms with Gasteiger partial charge in [0.05, 0.1) is 12.6 Å². The topological polar surface area (TPSA) is 90.0 Å². The molecule has 1 aliphatic heterocycles. The van der Waals surface area contributed by atoms with Gasteiger partial charge >= 0.3 is 6.03 Å². The Hall–Kier alpha value is -3.16. The number of urea groups is 1. The highest BCUT2D eigenvalue weighted by Gasteiger charge is 2.31. The van der Waals surface area contributed by atoms with Crippen molar-refractivity contribution in [2.75, 3.05) is 13.1 Å². The fourth-order valence-corrected chi connectivity index (χ4v) is 4.48. The van der Waals surface area contributed by atoms with E-state index in [1.54, 1.807) is 18.7 Å². The number of amides is 2. The first kappa shape index (κ1) is 25.9. The molecule has 0 spiro atoms. The Morgan fingerprint density at radius 1 is 1.06 bits per heavy atom. The number of aromatic nitrogens is 1. The first-order chi connectivity index (χ1) is 17.1. The summed E-state index contributed by atoms with van der Waals surface area (Å²) in [6.45, 7) is 11.2. The lowest BCUT2D eigenvalue weighted by Gasteiger charge is -2.33. The molecule has 1 saturated heterocycles. The van der Waals surface area contributed by atoms with E-state index in [1.807, 2.05) is 24.3 Å². The van der Waals surface area contributed by atoms with Gasteiger partial charge in [0.25, 0.3) is 0 Å². The molecular formula is C29H37N3O4. The van der Waals surface area contributed by atoms with Crippen LogP contribution < -0.4 is 0 Å². The molecule has 2 N–H and O–H groups in total. The van der Waals surface area contributed by atoms with Crippen molar-refractivity contribution in [2.24, 2.45) is 0 Å². The first-order valence-corrected chi connectivity index (χ1v) is 12.7. The number of piperidine rings is 1. The van der Waals surface area contributed by atoms with Gasteiger partial charge in [-0.25, -0.2) is 14.8 Å². The lowest BCUT2D eigenvalue weighted by molar-refractivity contribution is -0.0815. The highest BCUT2D eigenvalue weighted by molar-refractivity contribution is 5.77. The monoisotopic (exact) mass is 491 g/mol. The lowest BCUT2D eigenvalue weighted by atomic mass is 9.86. The molecule has 4 rings (SSSR count). The number of nitrogens with zero attached hydrogens (tertiary/aromatic N) is 3.